The lowest BCUT2D eigenvalue weighted by atomic mass is 10.1. The second kappa shape index (κ2) is 5.87. The Bertz CT molecular complexity index is 815. The van der Waals surface area contributed by atoms with Crippen LogP contribution >= 0.6 is 11.3 Å². The molecule has 1 heterocycles. The Morgan fingerprint density at radius 3 is 2.55 bits per heavy atom. The molecule has 3 aromatic rings. The van der Waals surface area contributed by atoms with Crippen LogP contribution in [0.1, 0.15) is 10.4 Å². The molecule has 0 radical (unpaired) electrons. The number of hydrogen-bond acceptors (Lipinski definition) is 5. The topological polar surface area (TPSA) is 82.5 Å². The zero-order chi connectivity index (χ0) is 15.5. The van der Waals surface area contributed by atoms with Gasteiger partial charge in [0.05, 0.1) is 5.69 Å². The monoisotopic (exact) mass is 312 g/mol. The highest BCUT2D eigenvalue weighted by Gasteiger charge is 2.10. The summed E-state index contributed by atoms with van der Waals surface area (Å²) in [5, 5.41) is 23.8. The summed E-state index contributed by atoms with van der Waals surface area (Å²) >= 11 is 1.29. The first kappa shape index (κ1) is 14.1. The molecule has 0 saturated carbocycles. The largest absolute Gasteiger partial charge is 0.504 e. The zero-order valence-electron chi connectivity index (χ0n) is 11.4. The van der Waals surface area contributed by atoms with Gasteiger partial charge in [-0.1, -0.05) is 18.2 Å². The molecule has 0 unspecified atom stereocenters. The van der Waals surface area contributed by atoms with Crippen LogP contribution in [0.2, 0.25) is 0 Å². The Labute approximate surface area is 130 Å². The molecular formula is C16H12N2O3S. The van der Waals surface area contributed by atoms with Crippen molar-refractivity contribution in [2.24, 2.45) is 0 Å². The van der Waals surface area contributed by atoms with Gasteiger partial charge in [-0.25, -0.2) is 4.98 Å². The summed E-state index contributed by atoms with van der Waals surface area (Å²) in [5.41, 5.74) is 1.83. The zero-order valence-corrected chi connectivity index (χ0v) is 12.2. The standard InChI is InChI=1S/C16H12N2O3S/c19-13-7-6-11(8-14(13)20)12-9-22-16(17-12)18-15(21)10-4-2-1-3-5-10/h1-9,19-20H,(H,17,18,21). The van der Waals surface area contributed by atoms with Gasteiger partial charge in [-0.2, -0.15) is 0 Å². The van der Waals surface area contributed by atoms with E-state index in [1.807, 2.05) is 6.07 Å². The predicted octanol–water partition coefficient (Wildman–Crippen LogP) is 3.47. The average Bonchev–Trinajstić information content (AvgIpc) is 2.99. The summed E-state index contributed by atoms with van der Waals surface area (Å²) in [4.78, 5) is 16.4. The third-order valence-corrected chi connectivity index (χ3v) is 3.79. The molecule has 0 atom stereocenters. The average molecular weight is 312 g/mol. The van der Waals surface area contributed by atoms with Crippen molar-refractivity contribution in [3.63, 3.8) is 0 Å². The Hall–Kier alpha value is -2.86. The van der Waals surface area contributed by atoms with Gasteiger partial charge in [0.15, 0.2) is 16.6 Å². The van der Waals surface area contributed by atoms with Crippen molar-refractivity contribution in [2.75, 3.05) is 5.32 Å². The van der Waals surface area contributed by atoms with Gasteiger partial charge >= 0.3 is 0 Å². The Morgan fingerprint density at radius 1 is 1.05 bits per heavy atom. The molecule has 110 valence electrons. The molecule has 6 heteroatoms. The quantitative estimate of drug-likeness (QED) is 0.647. The predicted molar refractivity (Wildman–Crippen MR) is 85.3 cm³/mol. The number of benzene rings is 2. The highest BCUT2D eigenvalue weighted by molar-refractivity contribution is 7.14. The number of thiazole rings is 1. The maximum atomic E-state index is 12.0. The van der Waals surface area contributed by atoms with E-state index in [9.17, 15) is 15.0 Å². The van der Waals surface area contributed by atoms with Crippen LogP contribution in [0.3, 0.4) is 0 Å². The Balaban J connectivity index is 1.79. The molecule has 0 spiro atoms. The second-order valence-electron chi connectivity index (χ2n) is 4.56. The number of carbonyl (C=O) groups is 1. The molecule has 1 aromatic heterocycles. The third-order valence-electron chi connectivity index (χ3n) is 3.03. The summed E-state index contributed by atoms with van der Waals surface area (Å²) in [6, 6.07) is 13.3. The molecule has 22 heavy (non-hydrogen) atoms. The molecule has 1 amide bonds. The van der Waals surface area contributed by atoms with E-state index in [1.54, 1.807) is 35.7 Å². The molecule has 0 aliphatic carbocycles. The lowest BCUT2D eigenvalue weighted by Gasteiger charge is -2.01. The number of anilines is 1. The lowest BCUT2D eigenvalue weighted by molar-refractivity contribution is 0.102. The van der Waals surface area contributed by atoms with Crippen molar-refractivity contribution in [1.29, 1.82) is 0 Å². The number of carbonyl (C=O) groups excluding carboxylic acids is 1. The smallest absolute Gasteiger partial charge is 0.257 e. The molecule has 0 bridgehead atoms. The first-order valence-corrected chi connectivity index (χ1v) is 7.36. The highest BCUT2D eigenvalue weighted by Crippen LogP contribution is 2.32. The maximum Gasteiger partial charge on any atom is 0.257 e. The number of hydrogen-bond donors (Lipinski definition) is 3. The first-order valence-electron chi connectivity index (χ1n) is 6.48. The van der Waals surface area contributed by atoms with Crippen LogP contribution in [0.4, 0.5) is 5.13 Å². The minimum atomic E-state index is -0.227. The van der Waals surface area contributed by atoms with E-state index < -0.39 is 0 Å². The van der Waals surface area contributed by atoms with Gasteiger partial charge in [0.25, 0.3) is 5.91 Å². The van der Waals surface area contributed by atoms with Crippen molar-refractivity contribution in [3.05, 3.63) is 59.5 Å². The van der Waals surface area contributed by atoms with Crippen LogP contribution in [-0.4, -0.2) is 21.1 Å². The number of nitrogens with zero attached hydrogens (tertiary/aromatic N) is 1. The van der Waals surface area contributed by atoms with Gasteiger partial charge in [-0.05, 0) is 30.3 Å². The van der Waals surface area contributed by atoms with Crippen molar-refractivity contribution in [3.8, 4) is 22.8 Å². The van der Waals surface area contributed by atoms with Gasteiger partial charge in [0.2, 0.25) is 0 Å². The van der Waals surface area contributed by atoms with Crippen molar-refractivity contribution >= 4 is 22.4 Å². The molecule has 5 nitrogen and oxygen atoms in total. The number of phenols is 2. The fourth-order valence-corrected chi connectivity index (χ4v) is 2.62. The normalized spacial score (nSPS) is 10.4. The van der Waals surface area contributed by atoms with Gasteiger partial charge in [0, 0.05) is 16.5 Å². The molecule has 0 aliphatic rings. The number of amides is 1. The van der Waals surface area contributed by atoms with Gasteiger partial charge in [-0.15, -0.1) is 11.3 Å². The summed E-state index contributed by atoms with van der Waals surface area (Å²) < 4.78 is 0. The minimum Gasteiger partial charge on any atom is -0.504 e. The first-order chi connectivity index (χ1) is 10.6. The summed E-state index contributed by atoms with van der Waals surface area (Å²) in [5.74, 6) is -0.619. The fourth-order valence-electron chi connectivity index (χ4n) is 1.91. The van der Waals surface area contributed by atoms with E-state index in [0.29, 0.717) is 22.0 Å². The molecule has 0 fully saturated rings. The number of nitrogens with one attached hydrogen (secondary N) is 1. The van der Waals surface area contributed by atoms with Crippen LogP contribution in [-0.2, 0) is 0 Å². The van der Waals surface area contributed by atoms with Crippen molar-refractivity contribution in [2.45, 2.75) is 0 Å². The van der Waals surface area contributed by atoms with Crippen LogP contribution in [0.25, 0.3) is 11.3 Å². The molecule has 3 rings (SSSR count). The van der Waals surface area contributed by atoms with E-state index in [0.717, 1.165) is 0 Å². The van der Waals surface area contributed by atoms with E-state index in [4.69, 9.17) is 0 Å². The van der Waals surface area contributed by atoms with Gasteiger partial charge in [0.1, 0.15) is 0 Å². The highest BCUT2D eigenvalue weighted by atomic mass is 32.1. The third kappa shape index (κ3) is 2.91. The van der Waals surface area contributed by atoms with Crippen molar-refractivity contribution < 1.29 is 15.0 Å². The number of rotatable bonds is 3. The van der Waals surface area contributed by atoms with E-state index >= 15 is 0 Å². The van der Waals surface area contributed by atoms with Crippen molar-refractivity contribution in [1.82, 2.24) is 4.98 Å². The van der Waals surface area contributed by atoms with E-state index in [2.05, 4.69) is 10.3 Å². The molecule has 2 aromatic carbocycles. The van der Waals surface area contributed by atoms with Crippen LogP contribution < -0.4 is 5.32 Å². The summed E-state index contributed by atoms with van der Waals surface area (Å²) in [7, 11) is 0. The van der Waals surface area contributed by atoms with Crippen LogP contribution in [0.5, 0.6) is 11.5 Å². The maximum absolute atomic E-state index is 12.0. The Kier molecular flexibility index (Phi) is 3.76. The lowest BCUT2D eigenvalue weighted by Crippen LogP contribution is -2.11. The molecule has 0 aliphatic heterocycles. The van der Waals surface area contributed by atoms with Gasteiger partial charge < -0.3 is 10.2 Å². The molecule has 3 N–H and O–H groups in total. The van der Waals surface area contributed by atoms with Crippen LogP contribution in [0.15, 0.2) is 53.9 Å². The molecule has 0 saturated heterocycles. The summed E-state index contributed by atoms with van der Waals surface area (Å²) in [6.07, 6.45) is 0. The Morgan fingerprint density at radius 2 is 1.82 bits per heavy atom. The SMILES string of the molecule is O=C(Nc1nc(-c2ccc(O)c(O)c2)cs1)c1ccccc1. The van der Waals surface area contributed by atoms with Gasteiger partial charge in [-0.3, -0.25) is 10.1 Å². The number of aromatic nitrogens is 1. The fraction of sp³-hybridized carbons (Fsp3) is 0. The summed E-state index contributed by atoms with van der Waals surface area (Å²) in [6.45, 7) is 0. The number of aromatic hydroxyl groups is 2. The number of phenolic OH excluding ortho intramolecular Hbond substituents is 2. The van der Waals surface area contributed by atoms with E-state index in [1.165, 1.54) is 23.5 Å². The molecular weight excluding hydrogens is 300 g/mol. The van der Waals surface area contributed by atoms with E-state index in [-0.39, 0.29) is 17.4 Å². The second-order valence-corrected chi connectivity index (χ2v) is 5.42. The van der Waals surface area contributed by atoms with Crippen LogP contribution in [0, 0.1) is 0 Å². The minimum absolute atomic E-state index is 0.184.